The highest BCUT2D eigenvalue weighted by atomic mass is 32.1. The van der Waals surface area contributed by atoms with E-state index in [-0.39, 0.29) is 5.91 Å². The molecule has 4 nitrogen and oxygen atoms in total. The molecule has 2 aromatic rings. The molecule has 2 aromatic heterocycles. The average molecular weight is 273 g/mol. The molecule has 1 aliphatic heterocycles. The van der Waals surface area contributed by atoms with E-state index in [9.17, 15) is 4.79 Å². The minimum Gasteiger partial charge on any atom is -0.337 e. The number of hydrogen-bond donors (Lipinski definition) is 0. The third-order valence-corrected chi connectivity index (χ3v) is 4.21. The normalized spacial score (nSPS) is 18.7. The van der Waals surface area contributed by atoms with E-state index < -0.39 is 0 Å². The van der Waals surface area contributed by atoms with Crippen molar-refractivity contribution in [3.63, 3.8) is 0 Å². The standard InChI is InChI=1S/C14H15N3OS/c18-14(12-3-1-2-5-15-12)17-7-4-11(10-17)9-13-16-6-8-19-13/h1-3,5-6,8,11H,4,7,9-10H2/t11-/m0/s1. The van der Waals surface area contributed by atoms with E-state index in [1.807, 2.05) is 28.6 Å². The van der Waals surface area contributed by atoms with E-state index in [0.29, 0.717) is 11.6 Å². The second-order valence-electron chi connectivity index (χ2n) is 4.75. The van der Waals surface area contributed by atoms with Gasteiger partial charge in [0.25, 0.3) is 5.91 Å². The molecule has 3 heterocycles. The Bertz CT molecular complexity index is 541. The van der Waals surface area contributed by atoms with Gasteiger partial charge in [0.15, 0.2) is 0 Å². The van der Waals surface area contributed by atoms with Crippen molar-refractivity contribution in [3.8, 4) is 0 Å². The number of amides is 1. The number of pyridine rings is 1. The number of thiazole rings is 1. The lowest BCUT2D eigenvalue weighted by atomic mass is 10.1. The lowest BCUT2D eigenvalue weighted by Gasteiger charge is -2.15. The SMILES string of the molecule is O=C(c1ccccn1)N1CC[C@@H](Cc2nccs2)C1. The summed E-state index contributed by atoms with van der Waals surface area (Å²) in [5.74, 6) is 0.570. The van der Waals surface area contributed by atoms with Crippen LogP contribution < -0.4 is 0 Å². The number of rotatable bonds is 3. The van der Waals surface area contributed by atoms with Gasteiger partial charge in [-0.15, -0.1) is 11.3 Å². The predicted molar refractivity (Wildman–Crippen MR) is 74.1 cm³/mol. The molecule has 1 saturated heterocycles. The summed E-state index contributed by atoms with van der Waals surface area (Å²) in [6.07, 6.45) is 5.53. The van der Waals surface area contributed by atoms with Gasteiger partial charge >= 0.3 is 0 Å². The third kappa shape index (κ3) is 2.81. The summed E-state index contributed by atoms with van der Waals surface area (Å²) < 4.78 is 0. The molecule has 5 heteroatoms. The zero-order chi connectivity index (χ0) is 13.1. The number of nitrogens with zero attached hydrogens (tertiary/aromatic N) is 3. The largest absolute Gasteiger partial charge is 0.337 e. The van der Waals surface area contributed by atoms with E-state index in [1.54, 1.807) is 23.6 Å². The van der Waals surface area contributed by atoms with Gasteiger partial charge in [0.2, 0.25) is 0 Å². The Morgan fingerprint density at radius 1 is 1.37 bits per heavy atom. The molecule has 1 amide bonds. The molecule has 19 heavy (non-hydrogen) atoms. The fourth-order valence-electron chi connectivity index (χ4n) is 2.44. The second-order valence-corrected chi connectivity index (χ2v) is 5.73. The van der Waals surface area contributed by atoms with Crippen LogP contribution in [0.1, 0.15) is 21.9 Å². The molecule has 0 spiro atoms. The number of hydrogen-bond acceptors (Lipinski definition) is 4. The van der Waals surface area contributed by atoms with Gasteiger partial charge in [-0.1, -0.05) is 6.07 Å². The van der Waals surface area contributed by atoms with Gasteiger partial charge in [-0.3, -0.25) is 9.78 Å². The van der Waals surface area contributed by atoms with Crippen molar-refractivity contribution in [1.29, 1.82) is 0 Å². The minimum absolute atomic E-state index is 0.0437. The van der Waals surface area contributed by atoms with E-state index in [4.69, 9.17) is 0 Å². The van der Waals surface area contributed by atoms with E-state index in [1.165, 1.54) is 0 Å². The first kappa shape index (κ1) is 12.3. The molecule has 1 aliphatic rings. The van der Waals surface area contributed by atoms with Crippen LogP contribution in [-0.4, -0.2) is 33.9 Å². The van der Waals surface area contributed by atoms with E-state index in [0.717, 1.165) is 30.9 Å². The smallest absolute Gasteiger partial charge is 0.272 e. The summed E-state index contributed by atoms with van der Waals surface area (Å²) in [5, 5.41) is 3.17. The van der Waals surface area contributed by atoms with Crippen molar-refractivity contribution in [1.82, 2.24) is 14.9 Å². The van der Waals surface area contributed by atoms with Crippen molar-refractivity contribution in [2.75, 3.05) is 13.1 Å². The topological polar surface area (TPSA) is 46.1 Å². The van der Waals surface area contributed by atoms with Crippen LogP contribution >= 0.6 is 11.3 Å². The third-order valence-electron chi connectivity index (χ3n) is 3.40. The number of aromatic nitrogens is 2. The van der Waals surface area contributed by atoms with Crippen molar-refractivity contribution < 1.29 is 4.79 Å². The summed E-state index contributed by atoms with van der Waals surface area (Å²) in [6.45, 7) is 1.64. The van der Waals surface area contributed by atoms with Crippen LogP contribution in [0.2, 0.25) is 0 Å². The molecule has 1 atom stereocenters. The summed E-state index contributed by atoms with van der Waals surface area (Å²) in [4.78, 5) is 22.6. The molecule has 0 saturated carbocycles. The van der Waals surface area contributed by atoms with Crippen LogP contribution in [0.25, 0.3) is 0 Å². The Balaban J connectivity index is 1.61. The van der Waals surface area contributed by atoms with Gasteiger partial charge in [-0.25, -0.2) is 4.98 Å². The van der Waals surface area contributed by atoms with Crippen molar-refractivity contribution >= 4 is 17.2 Å². The Hall–Kier alpha value is -1.75. The van der Waals surface area contributed by atoms with E-state index in [2.05, 4.69) is 9.97 Å². The summed E-state index contributed by atoms with van der Waals surface area (Å²) >= 11 is 1.69. The van der Waals surface area contributed by atoms with Crippen LogP contribution in [0.5, 0.6) is 0 Å². The van der Waals surface area contributed by atoms with Gasteiger partial charge < -0.3 is 4.90 Å². The fourth-order valence-corrected chi connectivity index (χ4v) is 3.17. The van der Waals surface area contributed by atoms with Crippen LogP contribution in [-0.2, 0) is 6.42 Å². The zero-order valence-electron chi connectivity index (χ0n) is 10.5. The van der Waals surface area contributed by atoms with Crippen LogP contribution in [0.15, 0.2) is 36.0 Å². The summed E-state index contributed by atoms with van der Waals surface area (Å²) in [7, 11) is 0. The van der Waals surface area contributed by atoms with Crippen molar-refractivity contribution in [2.45, 2.75) is 12.8 Å². The highest BCUT2D eigenvalue weighted by Crippen LogP contribution is 2.22. The van der Waals surface area contributed by atoms with E-state index >= 15 is 0 Å². The van der Waals surface area contributed by atoms with Gasteiger partial charge in [0.1, 0.15) is 5.69 Å². The number of carbonyl (C=O) groups excluding carboxylic acids is 1. The zero-order valence-corrected chi connectivity index (χ0v) is 11.3. The predicted octanol–water partition coefficient (Wildman–Crippen LogP) is 2.24. The maximum Gasteiger partial charge on any atom is 0.272 e. The number of likely N-dealkylation sites (tertiary alicyclic amines) is 1. The molecule has 0 aliphatic carbocycles. The van der Waals surface area contributed by atoms with Gasteiger partial charge in [0.05, 0.1) is 5.01 Å². The molecule has 0 N–H and O–H groups in total. The molecule has 98 valence electrons. The van der Waals surface area contributed by atoms with Gasteiger partial charge in [-0.2, -0.15) is 0 Å². The molecule has 3 rings (SSSR count). The first-order chi connectivity index (χ1) is 9.33. The molecule has 0 bridgehead atoms. The lowest BCUT2D eigenvalue weighted by molar-refractivity contribution is 0.0781. The molecule has 0 radical (unpaired) electrons. The Morgan fingerprint density at radius 3 is 3.05 bits per heavy atom. The Morgan fingerprint density at radius 2 is 2.32 bits per heavy atom. The molecular formula is C14H15N3OS. The summed E-state index contributed by atoms with van der Waals surface area (Å²) in [6, 6.07) is 5.45. The van der Waals surface area contributed by atoms with Crippen molar-refractivity contribution in [2.24, 2.45) is 5.92 Å². The van der Waals surface area contributed by atoms with Crippen molar-refractivity contribution in [3.05, 3.63) is 46.7 Å². The van der Waals surface area contributed by atoms with Gasteiger partial charge in [-0.05, 0) is 24.5 Å². The molecule has 1 fully saturated rings. The second kappa shape index (κ2) is 5.48. The fraction of sp³-hybridized carbons (Fsp3) is 0.357. The minimum atomic E-state index is 0.0437. The molecular weight excluding hydrogens is 258 g/mol. The van der Waals surface area contributed by atoms with Crippen LogP contribution in [0.4, 0.5) is 0 Å². The molecule has 0 aromatic carbocycles. The highest BCUT2D eigenvalue weighted by molar-refractivity contribution is 7.09. The number of carbonyl (C=O) groups is 1. The Labute approximate surface area is 116 Å². The quantitative estimate of drug-likeness (QED) is 0.861. The highest BCUT2D eigenvalue weighted by Gasteiger charge is 2.27. The van der Waals surface area contributed by atoms with Crippen LogP contribution in [0, 0.1) is 5.92 Å². The summed E-state index contributed by atoms with van der Waals surface area (Å²) in [5.41, 5.74) is 0.539. The first-order valence-corrected chi connectivity index (χ1v) is 7.29. The lowest BCUT2D eigenvalue weighted by Crippen LogP contribution is -2.29. The van der Waals surface area contributed by atoms with Gasteiger partial charge in [0, 0.05) is 37.3 Å². The first-order valence-electron chi connectivity index (χ1n) is 6.41. The monoisotopic (exact) mass is 273 g/mol. The average Bonchev–Trinajstić information content (AvgIpc) is 3.11. The maximum absolute atomic E-state index is 12.2. The molecule has 0 unspecified atom stereocenters. The van der Waals surface area contributed by atoms with Crippen LogP contribution in [0.3, 0.4) is 0 Å². The Kier molecular flexibility index (Phi) is 3.55. The maximum atomic E-state index is 12.2.